The van der Waals surface area contributed by atoms with Crippen molar-refractivity contribution in [3.63, 3.8) is 0 Å². The number of amides is 1. The normalized spacial score (nSPS) is 17.4. The van der Waals surface area contributed by atoms with Crippen molar-refractivity contribution in [3.05, 3.63) is 60.2 Å². The van der Waals surface area contributed by atoms with Crippen molar-refractivity contribution in [1.82, 2.24) is 9.80 Å². The highest BCUT2D eigenvalue weighted by molar-refractivity contribution is 5.94. The number of carbonyl (C=O) groups excluding carboxylic acids is 1. The quantitative estimate of drug-likeness (QED) is 0.705. The summed E-state index contributed by atoms with van der Waals surface area (Å²) >= 11 is 0. The largest absolute Gasteiger partial charge is 0.493 e. The number of hydrogen-bond acceptors (Lipinski definition) is 4. The predicted octanol–water partition coefficient (Wildman–Crippen LogP) is 3.31. The number of rotatable bonds is 8. The van der Waals surface area contributed by atoms with E-state index >= 15 is 0 Å². The Morgan fingerprint density at radius 2 is 1.54 bits per heavy atom. The van der Waals surface area contributed by atoms with Gasteiger partial charge in [-0.1, -0.05) is 18.2 Å². The molecule has 0 N–H and O–H groups in total. The molecule has 2 aromatic rings. The van der Waals surface area contributed by atoms with Crippen LogP contribution in [-0.2, 0) is 0 Å². The van der Waals surface area contributed by atoms with Gasteiger partial charge < -0.3 is 14.4 Å². The molecule has 1 amide bonds. The third-order valence-electron chi connectivity index (χ3n) is 5.36. The minimum Gasteiger partial charge on any atom is -0.493 e. The smallest absolute Gasteiger partial charge is 0.253 e. The first kappa shape index (κ1) is 18.8. The summed E-state index contributed by atoms with van der Waals surface area (Å²) in [5.41, 5.74) is 0.736. The first-order valence-corrected chi connectivity index (χ1v) is 10.2. The molecule has 2 aromatic carbocycles. The van der Waals surface area contributed by atoms with E-state index < -0.39 is 0 Å². The standard InChI is InChI=1S/C23H28N2O3/c26-23(20-8-10-22(11-9-20)28-18-19-6-7-19)25-14-12-24(13-15-25)16-17-27-21-4-2-1-3-5-21/h1-5,8-11,19H,6-7,12-18H2. The van der Waals surface area contributed by atoms with Crippen molar-refractivity contribution in [2.75, 3.05) is 45.9 Å². The maximum absolute atomic E-state index is 12.7. The second-order valence-electron chi connectivity index (χ2n) is 7.57. The number of nitrogens with zero attached hydrogens (tertiary/aromatic N) is 2. The Labute approximate surface area is 166 Å². The van der Waals surface area contributed by atoms with Crippen LogP contribution in [0.5, 0.6) is 11.5 Å². The molecule has 2 fully saturated rings. The molecule has 5 nitrogen and oxygen atoms in total. The maximum atomic E-state index is 12.7. The molecule has 1 aliphatic heterocycles. The van der Waals surface area contributed by atoms with Gasteiger partial charge in [0.1, 0.15) is 18.1 Å². The van der Waals surface area contributed by atoms with E-state index in [0.29, 0.717) is 6.61 Å². The molecule has 1 saturated carbocycles. The van der Waals surface area contributed by atoms with Crippen molar-refractivity contribution in [2.45, 2.75) is 12.8 Å². The fourth-order valence-electron chi connectivity index (χ4n) is 3.36. The molecule has 0 unspecified atom stereocenters. The molecular formula is C23H28N2O3. The fraction of sp³-hybridized carbons (Fsp3) is 0.435. The predicted molar refractivity (Wildman–Crippen MR) is 109 cm³/mol. The summed E-state index contributed by atoms with van der Waals surface area (Å²) in [5.74, 6) is 2.59. The molecule has 0 atom stereocenters. The zero-order valence-corrected chi connectivity index (χ0v) is 16.3. The van der Waals surface area contributed by atoms with Crippen LogP contribution in [0.15, 0.2) is 54.6 Å². The molecule has 1 aliphatic carbocycles. The number of piperazine rings is 1. The molecule has 4 rings (SSSR count). The van der Waals surface area contributed by atoms with E-state index in [9.17, 15) is 4.79 Å². The highest BCUT2D eigenvalue weighted by Gasteiger charge is 2.23. The summed E-state index contributed by atoms with van der Waals surface area (Å²) in [6.07, 6.45) is 2.56. The minimum atomic E-state index is 0.105. The Kier molecular flexibility index (Phi) is 6.12. The van der Waals surface area contributed by atoms with Crippen LogP contribution in [-0.4, -0.2) is 61.6 Å². The maximum Gasteiger partial charge on any atom is 0.253 e. The summed E-state index contributed by atoms with van der Waals surface area (Å²) < 4.78 is 11.5. The summed E-state index contributed by atoms with van der Waals surface area (Å²) in [4.78, 5) is 17.0. The van der Waals surface area contributed by atoms with Crippen LogP contribution in [0, 0.1) is 5.92 Å². The van der Waals surface area contributed by atoms with Crippen molar-refractivity contribution in [1.29, 1.82) is 0 Å². The van der Waals surface area contributed by atoms with Gasteiger partial charge in [0.15, 0.2) is 0 Å². The van der Waals surface area contributed by atoms with Crippen LogP contribution in [0.25, 0.3) is 0 Å². The lowest BCUT2D eigenvalue weighted by molar-refractivity contribution is 0.0620. The first-order valence-electron chi connectivity index (χ1n) is 10.2. The molecule has 28 heavy (non-hydrogen) atoms. The lowest BCUT2D eigenvalue weighted by Gasteiger charge is -2.34. The summed E-state index contributed by atoms with van der Waals surface area (Å²) in [7, 11) is 0. The van der Waals surface area contributed by atoms with Gasteiger partial charge in [0.25, 0.3) is 5.91 Å². The minimum absolute atomic E-state index is 0.105. The zero-order chi connectivity index (χ0) is 19.2. The highest BCUT2D eigenvalue weighted by Crippen LogP contribution is 2.29. The van der Waals surface area contributed by atoms with E-state index in [0.717, 1.165) is 62.3 Å². The van der Waals surface area contributed by atoms with Gasteiger partial charge in [-0.05, 0) is 55.2 Å². The van der Waals surface area contributed by atoms with Gasteiger partial charge >= 0.3 is 0 Å². The van der Waals surface area contributed by atoms with Crippen molar-refractivity contribution in [3.8, 4) is 11.5 Å². The lowest BCUT2D eigenvalue weighted by atomic mass is 10.1. The average Bonchev–Trinajstić information content (AvgIpc) is 3.58. The Morgan fingerprint density at radius 3 is 2.21 bits per heavy atom. The van der Waals surface area contributed by atoms with Crippen molar-refractivity contribution in [2.24, 2.45) is 5.92 Å². The Morgan fingerprint density at radius 1 is 0.857 bits per heavy atom. The van der Waals surface area contributed by atoms with Gasteiger partial charge in [-0.3, -0.25) is 9.69 Å². The molecule has 5 heteroatoms. The second-order valence-corrected chi connectivity index (χ2v) is 7.57. The average molecular weight is 380 g/mol. The van der Waals surface area contributed by atoms with Crippen LogP contribution in [0.4, 0.5) is 0 Å². The van der Waals surface area contributed by atoms with E-state index in [1.54, 1.807) is 0 Å². The number of benzene rings is 2. The third-order valence-corrected chi connectivity index (χ3v) is 5.36. The Hall–Kier alpha value is -2.53. The van der Waals surface area contributed by atoms with Gasteiger partial charge in [0.05, 0.1) is 6.61 Å². The lowest BCUT2D eigenvalue weighted by Crippen LogP contribution is -2.49. The van der Waals surface area contributed by atoms with Gasteiger partial charge in [-0.15, -0.1) is 0 Å². The fourth-order valence-corrected chi connectivity index (χ4v) is 3.36. The molecule has 0 bridgehead atoms. The van der Waals surface area contributed by atoms with E-state index in [4.69, 9.17) is 9.47 Å². The number of ether oxygens (including phenoxy) is 2. The third kappa shape index (κ3) is 5.26. The summed E-state index contributed by atoms with van der Waals surface area (Å²) in [6.45, 7) is 5.61. The second kappa shape index (κ2) is 9.11. The molecule has 0 spiro atoms. The molecule has 0 aromatic heterocycles. The number of carbonyl (C=O) groups is 1. The molecule has 148 valence electrons. The van der Waals surface area contributed by atoms with Crippen molar-refractivity contribution >= 4 is 5.91 Å². The van der Waals surface area contributed by atoms with E-state index in [-0.39, 0.29) is 5.91 Å². The van der Waals surface area contributed by atoms with Crippen LogP contribution >= 0.6 is 0 Å². The van der Waals surface area contributed by atoms with Crippen LogP contribution < -0.4 is 9.47 Å². The molecular weight excluding hydrogens is 352 g/mol. The topological polar surface area (TPSA) is 42.0 Å². The first-order chi connectivity index (χ1) is 13.8. The van der Waals surface area contributed by atoms with Gasteiger partial charge in [-0.25, -0.2) is 0 Å². The molecule has 1 heterocycles. The molecule has 1 saturated heterocycles. The summed E-state index contributed by atoms with van der Waals surface area (Å²) in [5, 5.41) is 0. The zero-order valence-electron chi connectivity index (χ0n) is 16.3. The number of hydrogen-bond donors (Lipinski definition) is 0. The summed E-state index contributed by atoms with van der Waals surface area (Å²) in [6, 6.07) is 17.5. The monoisotopic (exact) mass is 380 g/mol. The van der Waals surface area contributed by atoms with Crippen LogP contribution in [0.3, 0.4) is 0 Å². The van der Waals surface area contributed by atoms with E-state index in [1.165, 1.54) is 12.8 Å². The van der Waals surface area contributed by atoms with Gasteiger partial charge in [0, 0.05) is 38.3 Å². The Balaban J connectivity index is 1.19. The van der Waals surface area contributed by atoms with Gasteiger partial charge in [0.2, 0.25) is 0 Å². The van der Waals surface area contributed by atoms with Crippen LogP contribution in [0.1, 0.15) is 23.2 Å². The van der Waals surface area contributed by atoms with Gasteiger partial charge in [-0.2, -0.15) is 0 Å². The molecule has 0 radical (unpaired) electrons. The Bertz CT molecular complexity index is 751. The van der Waals surface area contributed by atoms with E-state index in [2.05, 4.69) is 4.90 Å². The molecule has 2 aliphatic rings. The van der Waals surface area contributed by atoms with Crippen molar-refractivity contribution < 1.29 is 14.3 Å². The van der Waals surface area contributed by atoms with E-state index in [1.807, 2.05) is 59.5 Å². The SMILES string of the molecule is O=C(c1ccc(OCC2CC2)cc1)N1CCN(CCOc2ccccc2)CC1. The van der Waals surface area contributed by atoms with Crippen LogP contribution in [0.2, 0.25) is 0 Å². The highest BCUT2D eigenvalue weighted by atomic mass is 16.5. The number of para-hydroxylation sites is 1.